The molecule has 1 N–H and O–H groups in total. The standard InChI is InChI=1S/C14H15F4NO/c15-13(7-10-4-5-11(8-13)19-10)9-2-1-3-12(6-9)20-14(16,17)18/h1-3,6,10-11,19H,4-5,7-8H2. The summed E-state index contributed by atoms with van der Waals surface area (Å²) in [5.74, 6) is -0.363. The molecule has 2 aliphatic heterocycles. The van der Waals surface area contributed by atoms with Crippen molar-refractivity contribution in [1.82, 2.24) is 5.32 Å². The summed E-state index contributed by atoms with van der Waals surface area (Å²) < 4.78 is 55.6. The zero-order valence-corrected chi connectivity index (χ0v) is 10.7. The van der Waals surface area contributed by atoms with Gasteiger partial charge in [-0.2, -0.15) is 0 Å². The molecule has 110 valence electrons. The second kappa shape index (κ2) is 4.62. The molecule has 20 heavy (non-hydrogen) atoms. The fourth-order valence-electron chi connectivity index (χ4n) is 3.30. The first-order valence-electron chi connectivity index (χ1n) is 6.65. The Balaban J connectivity index is 1.84. The quantitative estimate of drug-likeness (QED) is 0.839. The lowest BCUT2D eigenvalue weighted by Gasteiger charge is -2.35. The number of hydrogen-bond donors (Lipinski definition) is 1. The van der Waals surface area contributed by atoms with Crippen LogP contribution in [0, 0.1) is 0 Å². The van der Waals surface area contributed by atoms with E-state index in [1.807, 2.05) is 0 Å². The summed E-state index contributed by atoms with van der Waals surface area (Å²) in [6.07, 6.45) is -2.29. The third-order valence-corrected chi connectivity index (χ3v) is 4.06. The number of piperidine rings is 1. The van der Waals surface area contributed by atoms with E-state index >= 15 is 4.39 Å². The van der Waals surface area contributed by atoms with Gasteiger partial charge in [0.25, 0.3) is 0 Å². The number of rotatable bonds is 2. The number of alkyl halides is 4. The Kier molecular flexibility index (Phi) is 3.16. The molecule has 2 heterocycles. The highest BCUT2D eigenvalue weighted by Crippen LogP contribution is 2.44. The number of halogens is 4. The van der Waals surface area contributed by atoms with E-state index < -0.39 is 12.0 Å². The van der Waals surface area contributed by atoms with E-state index in [1.54, 1.807) is 0 Å². The minimum Gasteiger partial charge on any atom is -0.406 e. The van der Waals surface area contributed by atoms with Crippen molar-refractivity contribution in [1.29, 1.82) is 0 Å². The van der Waals surface area contributed by atoms with E-state index in [2.05, 4.69) is 10.1 Å². The van der Waals surface area contributed by atoms with Crippen LogP contribution < -0.4 is 10.1 Å². The van der Waals surface area contributed by atoms with Gasteiger partial charge < -0.3 is 10.1 Å². The van der Waals surface area contributed by atoms with Crippen molar-refractivity contribution in [2.24, 2.45) is 0 Å². The van der Waals surface area contributed by atoms with E-state index in [9.17, 15) is 13.2 Å². The third kappa shape index (κ3) is 2.75. The van der Waals surface area contributed by atoms with Gasteiger partial charge in [0.15, 0.2) is 0 Å². The van der Waals surface area contributed by atoms with Crippen LogP contribution in [0.5, 0.6) is 5.75 Å². The maximum Gasteiger partial charge on any atom is 0.573 e. The average molecular weight is 289 g/mol. The number of nitrogens with one attached hydrogen (secondary N) is 1. The molecular weight excluding hydrogens is 274 g/mol. The molecule has 2 aliphatic rings. The van der Waals surface area contributed by atoms with Crippen LogP contribution in [-0.2, 0) is 5.67 Å². The summed E-state index contributed by atoms with van der Waals surface area (Å²) in [6, 6.07) is 5.53. The van der Waals surface area contributed by atoms with E-state index in [0.717, 1.165) is 18.9 Å². The molecule has 1 aromatic rings. The van der Waals surface area contributed by atoms with Gasteiger partial charge in [0.2, 0.25) is 0 Å². The average Bonchev–Trinajstić information content (AvgIpc) is 2.67. The number of hydrogen-bond acceptors (Lipinski definition) is 2. The van der Waals surface area contributed by atoms with Crippen LogP contribution in [0.1, 0.15) is 31.2 Å². The van der Waals surface area contributed by atoms with Gasteiger partial charge in [-0.25, -0.2) is 4.39 Å². The Labute approximate surface area is 114 Å². The van der Waals surface area contributed by atoms with Gasteiger partial charge in [-0.1, -0.05) is 12.1 Å². The van der Waals surface area contributed by atoms with Crippen molar-refractivity contribution in [3.8, 4) is 5.75 Å². The van der Waals surface area contributed by atoms with E-state index in [1.165, 1.54) is 18.2 Å². The lowest BCUT2D eigenvalue weighted by Crippen LogP contribution is -2.44. The first-order chi connectivity index (χ1) is 9.34. The highest BCUT2D eigenvalue weighted by atomic mass is 19.4. The Bertz CT molecular complexity index is 490. The van der Waals surface area contributed by atoms with Crippen molar-refractivity contribution in [3.05, 3.63) is 29.8 Å². The van der Waals surface area contributed by atoms with Crippen LogP contribution in [-0.4, -0.2) is 18.4 Å². The zero-order valence-electron chi connectivity index (χ0n) is 10.7. The molecule has 2 atom stereocenters. The summed E-state index contributed by atoms with van der Waals surface area (Å²) in [4.78, 5) is 0. The summed E-state index contributed by atoms with van der Waals surface area (Å²) in [5, 5.41) is 3.32. The highest BCUT2D eigenvalue weighted by molar-refractivity contribution is 5.33. The maximum absolute atomic E-state index is 15.1. The molecule has 0 radical (unpaired) electrons. The molecule has 2 saturated heterocycles. The second-order valence-electron chi connectivity index (χ2n) is 5.59. The molecule has 0 aromatic heterocycles. The molecule has 2 unspecified atom stereocenters. The largest absolute Gasteiger partial charge is 0.573 e. The molecule has 0 spiro atoms. The minimum absolute atomic E-state index is 0.117. The predicted molar refractivity (Wildman–Crippen MR) is 65.1 cm³/mol. The molecule has 0 saturated carbocycles. The molecule has 0 aliphatic carbocycles. The van der Waals surface area contributed by atoms with E-state index in [4.69, 9.17) is 0 Å². The summed E-state index contributed by atoms with van der Waals surface area (Å²) >= 11 is 0. The van der Waals surface area contributed by atoms with Crippen LogP contribution in [0.2, 0.25) is 0 Å². The summed E-state index contributed by atoms with van der Waals surface area (Å²) in [6.45, 7) is 0. The van der Waals surface area contributed by atoms with Gasteiger partial charge >= 0.3 is 6.36 Å². The van der Waals surface area contributed by atoms with Crippen LogP contribution in [0.25, 0.3) is 0 Å². The summed E-state index contributed by atoms with van der Waals surface area (Å²) in [5.41, 5.74) is -1.29. The highest BCUT2D eigenvalue weighted by Gasteiger charge is 2.45. The lowest BCUT2D eigenvalue weighted by atomic mass is 9.83. The Morgan fingerprint density at radius 2 is 1.80 bits per heavy atom. The van der Waals surface area contributed by atoms with Gasteiger partial charge in [0, 0.05) is 24.9 Å². The predicted octanol–water partition coefficient (Wildman–Crippen LogP) is 3.66. The van der Waals surface area contributed by atoms with E-state index in [0.29, 0.717) is 12.8 Å². The molecule has 2 bridgehead atoms. The van der Waals surface area contributed by atoms with Gasteiger partial charge in [0.1, 0.15) is 11.4 Å². The number of ether oxygens (including phenoxy) is 1. The molecule has 3 rings (SSSR count). The SMILES string of the molecule is FC(F)(F)Oc1cccc(C2(F)CC3CCC(C2)N3)c1. The lowest BCUT2D eigenvalue weighted by molar-refractivity contribution is -0.274. The normalized spacial score (nSPS) is 33.2. The van der Waals surface area contributed by atoms with Crippen LogP contribution >= 0.6 is 0 Å². The van der Waals surface area contributed by atoms with Gasteiger partial charge in [-0.3, -0.25) is 0 Å². The maximum atomic E-state index is 15.1. The topological polar surface area (TPSA) is 21.3 Å². The molecule has 2 nitrogen and oxygen atoms in total. The molecular formula is C14H15F4NO. The first-order valence-corrected chi connectivity index (χ1v) is 6.65. The van der Waals surface area contributed by atoms with Crippen molar-refractivity contribution < 1.29 is 22.3 Å². The Morgan fingerprint density at radius 3 is 2.40 bits per heavy atom. The van der Waals surface area contributed by atoms with Crippen LogP contribution in [0.3, 0.4) is 0 Å². The van der Waals surface area contributed by atoms with Gasteiger partial charge in [0.05, 0.1) is 0 Å². The number of benzene rings is 1. The monoisotopic (exact) mass is 289 g/mol. The van der Waals surface area contributed by atoms with Crippen LogP contribution in [0.4, 0.5) is 17.6 Å². The molecule has 0 amide bonds. The van der Waals surface area contributed by atoms with Crippen molar-refractivity contribution in [2.75, 3.05) is 0 Å². The smallest absolute Gasteiger partial charge is 0.406 e. The second-order valence-corrected chi connectivity index (χ2v) is 5.59. The fourth-order valence-corrected chi connectivity index (χ4v) is 3.30. The van der Waals surface area contributed by atoms with E-state index in [-0.39, 0.29) is 23.4 Å². The Hall–Kier alpha value is -1.30. The van der Waals surface area contributed by atoms with Crippen molar-refractivity contribution in [3.63, 3.8) is 0 Å². The summed E-state index contributed by atoms with van der Waals surface area (Å²) in [7, 11) is 0. The molecule has 2 fully saturated rings. The van der Waals surface area contributed by atoms with Crippen molar-refractivity contribution in [2.45, 2.75) is 49.8 Å². The molecule has 1 aromatic carbocycles. The minimum atomic E-state index is -4.75. The van der Waals surface area contributed by atoms with Crippen LogP contribution in [0.15, 0.2) is 24.3 Å². The van der Waals surface area contributed by atoms with Gasteiger partial charge in [-0.05, 0) is 30.5 Å². The number of fused-ring (bicyclic) bond motifs is 2. The zero-order chi connectivity index (χ0) is 14.4. The van der Waals surface area contributed by atoms with Gasteiger partial charge in [-0.15, -0.1) is 13.2 Å². The molecule has 6 heteroatoms. The third-order valence-electron chi connectivity index (χ3n) is 4.06. The van der Waals surface area contributed by atoms with Crippen molar-refractivity contribution >= 4 is 0 Å². The fraction of sp³-hybridized carbons (Fsp3) is 0.571. The Morgan fingerprint density at radius 1 is 1.15 bits per heavy atom. The first kappa shape index (κ1) is 13.7.